The van der Waals surface area contributed by atoms with Crippen molar-refractivity contribution in [3.8, 4) is 5.75 Å². The topological polar surface area (TPSA) is 35.2 Å². The molecule has 0 aliphatic carbocycles. The molecule has 15 heavy (non-hydrogen) atoms. The fraction of sp³-hybridized carbons (Fsp3) is 0.538. The Morgan fingerprint density at radius 2 is 1.53 bits per heavy atom. The van der Waals surface area contributed by atoms with Crippen LogP contribution in [0.5, 0.6) is 5.75 Å². The molecule has 0 fully saturated rings. The minimum atomic E-state index is 0.0848. The van der Waals surface area contributed by atoms with Gasteiger partial charge in [-0.15, -0.1) is 0 Å². The number of ether oxygens (including phenoxy) is 1. The first-order chi connectivity index (χ1) is 7.00. The molecule has 84 valence electrons. The quantitative estimate of drug-likeness (QED) is 0.823. The Hall–Kier alpha value is -1.02. The first-order valence-electron chi connectivity index (χ1n) is 5.53. The molecule has 0 bridgehead atoms. The molecule has 2 heteroatoms. The van der Waals surface area contributed by atoms with Crippen LogP contribution >= 0.6 is 0 Å². The summed E-state index contributed by atoms with van der Waals surface area (Å²) >= 11 is 0. The lowest BCUT2D eigenvalue weighted by atomic mass is 10.1. The summed E-state index contributed by atoms with van der Waals surface area (Å²) < 4.78 is 5.77. The predicted molar refractivity (Wildman–Crippen MR) is 64.0 cm³/mol. The normalized spacial score (nSPS) is 15.1. The highest BCUT2D eigenvalue weighted by Crippen LogP contribution is 2.18. The van der Waals surface area contributed by atoms with Crippen molar-refractivity contribution in [2.24, 2.45) is 11.7 Å². The van der Waals surface area contributed by atoms with Crippen LogP contribution in [0.25, 0.3) is 0 Å². The van der Waals surface area contributed by atoms with Gasteiger partial charge in [-0.2, -0.15) is 0 Å². The van der Waals surface area contributed by atoms with E-state index in [9.17, 15) is 0 Å². The zero-order valence-electron chi connectivity index (χ0n) is 10.0. The number of nitrogens with two attached hydrogens (primary N) is 1. The number of hydrogen-bond acceptors (Lipinski definition) is 2. The van der Waals surface area contributed by atoms with Crippen molar-refractivity contribution >= 4 is 0 Å². The maximum atomic E-state index is 5.77. The van der Waals surface area contributed by atoms with Gasteiger partial charge in [0.15, 0.2) is 0 Å². The summed E-state index contributed by atoms with van der Waals surface area (Å²) in [5, 5.41) is 0. The lowest BCUT2D eigenvalue weighted by Crippen LogP contribution is -2.18. The molecule has 1 rings (SSSR count). The highest BCUT2D eigenvalue weighted by molar-refractivity contribution is 5.28. The Morgan fingerprint density at radius 1 is 1.00 bits per heavy atom. The number of rotatable bonds is 4. The minimum absolute atomic E-state index is 0.0848. The second-order valence-corrected chi connectivity index (χ2v) is 4.42. The van der Waals surface area contributed by atoms with Gasteiger partial charge in [0, 0.05) is 6.04 Å². The van der Waals surface area contributed by atoms with Crippen LogP contribution in [0, 0.1) is 5.92 Å². The van der Waals surface area contributed by atoms with Gasteiger partial charge < -0.3 is 10.5 Å². The van der Waals surface area contributed by atoms with E-state index in [2.05, 4.69) is 20.8 Å². The van der Waals surface area contributed by atoms with Gasteiger partial charge in [-0.05, 0) is 37.5 Å². The maximum Gasteiger partial charge on any atom is 0.119 e. The molecule has 0 saturated heterocycles. The van der Waals surface area contributed by atoms with Crippen molar-refractivity contribution in [2.45, 2.75) is 39.8 Å². The Labute approximate surface area is 92.4 Å². The molecule has 0 saturated carbocycles. The van der Waals surface area contributed by atoms with Gasteiger partial charge in [0.2, 0.25) is 0 Å². The van der Waals surface area contributed by atoms with E-state index in [0.29, 0.717) is 5.92 Å². The lowest BCUT2D eigenvalue weighted by Gasteiger charge is -2.18. The standard InChI is InChI=1S/C13H21NO/c1-9(2)11(4)15-13-7-5-12(6-8-13)10(3)14/h5-11H,14H2,1-4H3. The summed E-state index contributed by atoms with van der Waals surface area (Å²) in [7, 11) is 0. The SMILES string of the molecule is CC(N)c1ccc(OC(C)C(C)C)cc1. The van der Waals surface area contributed by atoms with Crippen molar-refractivity contribution < 1.29 is 4.74 Å². The molecule has 2 N–H and O–H groups in total. The molecule has 0 aliphatic rings. The van der Waals surface area contributed by atoms with Gasteiger partial charge in [0.25, 0.3) is 0 Å². The predicted octanol–water partition coefficient (Wildman–Crippen LogP) is 3.13. The van der Waals surface area contributed by atoms with Gasteiger partial charge in [-0.3, -0.25) is 0 Å². The summed E-state index contributed by atoms with van der Waals surface area (Å²) in [5.41, 5.74) is 6.91. The Morgan fingerprint density at radius 3 is 1.93 bits per heavy atom. The molecule has 1 aromatic carbocycles. The summed E-state index contributed by atoms with van der Waals surface area (Å²) in [5.74, 6) is 1.44. The van der Waals surface area contributed by atoms with Crippen LogP contribution in [-0.4, -0.2) is 6.10 Å². The molecule has 0 aliphatic heterocycles. The maximum absolute atomic E-state index is 5.77. The average molecular weight is 207 g/mol. The Bertz CT molecular complexity index is 290. The van der Waals surface area contributed by atoms with Crippen LogP contribution in [0.1, 0.15) is 39.3 Å². The fourth-order valence-electron chi connectivity index (χ4n) is 1.20. The molecule has 0 heterocycles. The third kappa shape index (κ3) is 3.56. The van der Waals surface area contributed by atoms with Crippen molar-refractivity contribution in [3.05, 3.63) is 29.8 Å². The molecule has 2 nitrogen and oxygen atoms in total. The van der Waals surface area contributed by atoms with Crippen LogP contribution < -0.4 is 10.5 Å². The van der Waals surface area contributed by atoms with E-state index < -0.39 is 0 Å². The zero-order chi connectivity index (χ0) is 11.4. The van der Waals surface area contributed by atoms with Crippen LogP contribution in [0.15, 0.2) is 24.3 Å². The van der Waals surface area contributed by atoms with Crippen LogP contribution in [0.3, 0.4) is 0 Å². The second kappa shape index (κ2) is 5.17. The fourth-order valence-corrected chi connectivity index (χ4v) is 1.20. The highest BCUT2D eigenvalue weighted by Gasteiger charge is 2.08. The smallest absolute Gasteiger partial charge is 0.119 e. The van der Waals surface area contributed by atoms with Crippen molar-refractivity contribution in [2.75, 3.05) is 0 Å². The summed E-state index contributed by atoms with van der Waals surface area (Å²) in [6.07, 6.45) is 0.242. The number of hydrogen-bond donors (Lipinski definition) is 1. The molecular formula is C13H21NO. The van der Waals surface area contributed by atoms with Gasteiger partial charge >= 0.3 is 0 Å². The van der Waals surface area contributed by atoms with Gasteiger partial charge in [0.1, 0.15) is 5.75 Å². The first kappa shape index (κ1) is 12.1. The molecule has 0 aromatic heterocycles. The molecular weight excluding hydrogens is 186 g/mol. The van der Waals surface area contributed by atoms with Crippen molar-refractivity contribution in [3.63, 3.8) is 0 Å². The average Bonchev–Trinajstić information content (AvgIpc) is 2.18. The second-order valence-electron chi connectivity index (χ2n) is 4.42. The van der Waals surface area contributed by atoms with Crippen molar-refractivity contribution in [1.82, 2.24) is 0 Å². The largest absolute Gasteiger partial charge is 0.490 e. The molecule has 0 spiro atoms. The summed E-state index contributed by atoms with van der Waals surface area (Å²) in [6, 6.07) is 8.09. The van der Waals surface area contributed by atoms with Gasteiger partial charge in [-0.1, -0.05) is 26.0 Å². The molecule has 1 aromatic rings. The van der Waals surface area contributed by atoms with E-state index in [1.54, 1.807) is 0 Å². The third-order valence-electron chi connectivity index (χ3n) is 2.67. The van der Waals surface area contributed by atoms with Gasteiger partial charge in [-0.25, -0.2) is 0 Å². The van der Waals surface area contributed by atoms with Crippen LogP contribution in [0.2, 0.25) is 0 Å². The Kier molecular flexibility index (Phi) is 4.15. The van der Waals surface area contributed by atoms with E-state index in [-0.39, 0.29) is 12.1 Å². The number of benzene rings is 1. The van der Waals surface area contributed by atoms with E-state index in [1.165, 1.54) is 0 Å². The molecule has 2 unspecified atom stereocenters. The van der Waals surface area contributed by atoms with E-state index in [4.69, 9.17) is 10.5 Å². The zero-order valence-corrected chi connectivity index (χ0v) is 10.0. The highest BCUT2D eigenvalue weighted by atomic mass is 16.5. The first-order valence-corrected chi connectivity index (χ1v) is 5.53. The molecule has 0 amide bonds. The third-order valence-corrected chi connectivity index (χ3v) is 2.67. The Balaban J connectivity index is 2.64. The molecule has 2 atom stereocenters. The van der Waals surface area contributed by atoms with Crippen molar-refractivity contribution in [1.29, 1.82) is 0 Å². The van der Waals surface area contributed by atoms with E-state index in [0.717, 1.165) is 11.3 Å². The van der Waals surface area contributed by atoms with E-state index in [1.807, 2.05) is 31.2 Å². The van der Waals surface area contributed by atoms with Crippen LogP contribution in [-0.2, 0) is 0 Å². The molecule has 0 radical (unpaired) electrons. The van der Waals surface area contributed by atoms with Gasteiger partial charge in [0.05, 0.1) is 6.10 Å². The monoisotopic (exact) mass is 207 g/mol. The van der Waals surface area contributed by atoms with Crippen LogP contribution in [0.4, 0.5) is 0 Å². The van der Waals surface area contributed by atoms with E-state index >= 15 is 0 Å². The lowest BCUT2D eigenvalue weighted by molar-refractivity contribution is 0.170. The summed E-state index contributed by atoms with van der Waals surface area (Å²) in [4.78, 5) is 0. The minimum Gasteiger partial charge on any atom is -0.490 e. The summed E-state index contributed by atoms with van der Waals surface area (Å²) in [6.45, 7) is 8.37.